The number of aryl methyl sites for hydroxylation is 1. The van der Waals surface area contributed by atoms with Crippen LogP contribution in [-0.4, -0.2) is 33.6 Å². The predicted molar refractivity (Wildman–Crippen MR) is 68.9 cm³/mol. The molecule has 0 aromatic carbocycles. The van der Waals surface area contributed by atoms with Gasteiger partial charge in [-0.25, -0.2) is 4.79 Å². The molecule has 0 bridgehead atoms. The first-order chi connectivity index (χ1) is 8.29. The number of urea groups is 1. The van der Waals surface area contributed by atoms with E-state index in [2.05, 4.69) is 15.7 Å². The molecule has 6 heteroatoms. The smallest absolute Gasteiger partial charge is 0.315 e. The molecular formula is C12H22N4O2. The third kappa shape index (κ3) is 4.75. The van der Waals surface area contributed by atoms with E-state index in [-0.39, 0.29) is 18.0 Å². The fourth-order valence-electron chi connectivity index (χ4n) is 1.30. The van der Waals surface area contributed by atoms with Crippen LogP contribution in [0.2, 0.25) is 0 Å². The third-order valence-corrected chi connectivity index (χ3v) is 2.67. The molecular weight excluding hydrogens is 232 g/mol. The molecule has 0 saturated heterocycles. The molecule has 18 heavy (non-hydrogen) atoms. The number of hydrogen-bond donors (Lipinski definition) is 3. The van der Waals surface area contributed by atoms with Crippen LogP contribution in [0.5, 0.6) is 0 Å². The van der Waals surface area contributed by atoms with Gasteiger partial charge in [0, 0.05) is 31.9 Å². The van der Waals surface area contributed by atoms with Crippen LogP contribution in [0.15, 0.2) is 12.4 Å². The van der Waals surface area contributed by atoms with E-state index >= 15 is 0 Å². The number of nitrogens with one attached hydrogen (secondary N) is 2. The monoisotopic (exact) mass is 254 g/mol. The highest BCUT2D eigenvalue weighted by atomic mass is 16.3. The van der Waals surface area contributed by atoms with Gasteiger partial charge in [0.2, 0.25) is 0 Å². The average Bonchev–Trinajstić information content (AvgIpc) is 2.67. The number of aliphatic hydroxyl groups excluding tert-OH is 1. The molecule has 0 fully saturated rings. The number of carbonyl (C=O) groups is 1. The van der Waals surface area contributed by atoms with Crippen LogP contribution in [0.25, 0.3) is 0 Å². The van der Waals surface area contributed by atoms with Crippen molar-refractivity contribution < 1.29 is 9.90 Å². The van der Waals surface area contributed by atoms with Crippen molar-refractivity contribution in [2.45, 2.75) is 33.4 Å². The maximum atomic E-state index is 11.5. The van der Waals surface area contributed by atoms with Crippen LogP contribution in [0, 0.1) is 5.41 Å². The molecule has 0 spiro atoms. The second-order valence-electron chi connectivity index (χ2n) is 5.47. The van der Waals surface area contributed by atoms with Crippen LogP contribution >= 0.6 is 0 Å². The quantitative estimate of drug-likeness (QED) is 0.737. The Morgan fingerprint density at radius 1 is 1.50 bits per heavy atom. The molecule has 1 aromatic heterocycles. The Morgan fingerprint density at radius 3 is 2.67 bits per heavy atom. The molecule has 0 saturated carbocycles. The highest BCUT2D eigenvalue weighted by Gasteiger charge is 2.22. The van der Waals surface area contributed by atoms with Crippen molar-refractivity contribution in [3.8, 4) is 0 Å². The lowest BCUT2D eigenvalue weighted by atomic mass is 9.89. The summed E-state index contributed by atoms with van der Waals surface area (Å²) in [6, 6.07) is -0.290. The zero-order valence-electron chi connectivity index (χ0n) is 11.4. The molecule has 1 rings (SSSR count). The Labute approximate surface area is 107 Å². The Balaban J connectivity index is 2.26. The van der Waals surface area contributed by atoms with Gasteiger partial charge < -0.3 is 15.7 Å². The number of aromatic nitrogens is 2. The average molecular weight is 254 g/mol. The van der Waals surface area contributed by atoms with E-state index in [0.29, 0.717) is 6.54 Å². The predicted octanol–water partition coefficient (Wildman–Crippen LogP) is 0.626. The third-order valence-electron chi connectivity index (χ3n) is 2.67. The first-order valence-corrected chi connectivity index (χ1v) is 5.96. The molecule has 1 heterocycles. The van der Waals surface area contributed by atoms with Crippen molar-refractivity contribution >= 4 is 6.03 Å². The maximum Gasteiger partial charge on any atom is 0.315 e. The molecule has 0 aliphatic heterocycles. The van der Waals surface area contributed by atoms with E-state index < -0.39 is 6.10 Å². The van der Waals surface area contributed by atoms with Crippen molar-refractivity contribution in [3.05, 3.63) is 18.0 Å². The zero-order chi connectivity index (χ0) is 13.8. The van der Waals surface area contributed by atoms with E-state index in [9.17, 15) is 9.90 Å². The van der Waals surface area contributed by atoms with Crippen LogP contribution in [-0.2, 0) is 13.6 Å². The number of aliphatic hydroxyl groups is 1. The highest BCUT2D eigenvalue weighted by molar-refractivity contribution is 5.73. The molecule has 0 aliphatic rings. The van der Waals surface area contributed by atoms with Crippen molar-refractivity contribution in [2.24, 2.45) is 12.5 Å². The maximum absolute atomic E-state index is 11.5. The first-order valence-electron chi connectivity index (χ1n) is 5.96. The molecule has 102 valence electrons. The second-order valence-corrected chi connectivity index (χ2v) is 5.47. The van der Waals surface area contributed by atoms with E-state index in [1.54, 1.807) is 10.9 Å². The summed E-state index contributed by atoms with van der Waals surface area (Å²) in [5.41, 5.74) is 0.695. The molecule has 2 amide bonds. The topological polar surface area (TPSA) is 79.2 Å². The number of hydrogen-bond acceptors (Lipinski definition) is 3. The Hall–Kier alpha value is -1.56. The van der Waals surface area contributed by atoms with Crippen LogP contribution in [0.4, 0.5) is 4.79 Å². The fraction of sp³-hybridized carbons (Fsp3) is 0.667. The standard InChI is InChI=1S/C12H22N4O2/c1-12(2,3)10(17)7-14-11(18)13-5-9-6-15-16(4)8-9/h6,8,10,17H,5,7H2,1-4H3,(H2,13,14,18). The van der Waals surface area contributed by atoms with Crippen molar-refractivity contribution in [3.63, 3.8) is 0 Å². The lowest BCUT2D eigenvalue weighted by molar-refractivity contribution is 0.0650. The first kappa shape index (κ1) is 14.5. The fourth-order valence-corrected chi connectivity index (χ4v) is 1.30. The molecule has 1 aromatic rings. The van der Waals surface area contributed by atoms with Gasteiger partial charge in [-0.15, -0.1) is 0 Å². The summed E-state index contributed by atoms with van der Waals surface area (Å²) < 4.78 is 1.68. The van der Waals surface area contributed by atoms with Gasteiger partial charge in [0.25, 0.3) is 0 Å². The minimum Gasteiger partial charge on any atom is -0.391 e. The zero-order valence-corrected chi connectivity index (χ0v) is 11.4. The van der Waals surface area contributed by atoms with Crippen molar-refractivity contribution in [1.82, 2.24) is 20.4 Å². The number of nitrogens with zero attached hydrogens (tertiary/aromatic N) is 2. The molecule has 6 nitrogen and oxygen atoms in total. The summed E-state index contributed by atoms with van der Waals surface area (Å²) in [7, 11) is 1.82. The highest BCUT2D eigenvalue weighted by Crippen LogP contribution is 2.17. The van der Waals surface area contributed by atoms with Gasteiger partial charge in [-0.05, 0) is 5.41 Å². The van der Waals surface area contributed by atoms with Gasteiger partial charge in [-0.2, -0.15) is 5.10 Å². The summed E-state index contributed by atoms with van der Waals surface area (Å²) in [5.74, 6) is 0. The molecule has 3 N–H and O–H groups in total. The van der Waals surface area contributed by atoms with E-state index in [4.69, 9.17) is 0 Å². The minimum atomic E-state index is -0.568. The lowest BCUT2D eigenvalue weighted by Crippen LogP contribution is -2.43. The van der Waals surface area contributed by atoms with Crippen molar-refractivity contribution in [1.29, 1.82) is 0 Å². The Bertz CT molecular complexity index is 395. The Kier molecular flexibility index (Phi) is 4.72. The molecule has 1 unspecified atom stereocenters. The van der Waals surface area contributed by atoms with E-state index in [0.717, 1.165) is 5.56 Å². The Morgan fingerprint density at radius 2 is 2.17 bits per heavy atom. The summed E-state index contributed by atoms with van der Waals surface area (Å²) in [6.45, 7) is 6.43. The van der Waals surface area contributed by atoms with Crippen LogP contribution in [0.1, 0.15) is 26.3 Å². The normalized spacial score (nSPS) is 13.2. The van der Waals surface area contributed by atoms with Crippen molar-refractivity contribution in [2.75, 3.05) is 6.54 Å². The van der Waals surface area contributed by atoms with Gasteiger partial charge in [0.15, 0.2) is 0 Å². The summed E-state index contributed by atoms with van der Waals surface area (Å²) in [6.07, 6.45) is 2.97. The largest absolute Gasteiger partial charge is 0.391 e. The van der Waals surface area contributed by atoms with E-state index in [1.165, 1.54) is 0 Å². The number of carbonyl (C=O) groups excluding carboxylic acids is 1. The molecule has 1 atom stereocenters. The summed E-state index contributed by atoms with van der Waals surface area (Å²) in [4.78, 5) is 11.5. The number of rotatable bonds is 4. The van der Waals surface area contributed by atoms with E-state index in [1.807, 2.05) is 34.0 Å². The SMILES string of the molecule is Cn1cc(CNC(=O)NCC(O)C(C)(C)C)cn1. The van der Waals surface area contributed by atoms with Crippen LogP contribution < -0.4 is 10.6 Å². The minimum absolute atomic E-state index is 0.238. The van der Waals surface area contributed by atoms with Gasteiger partial charge in [0.05, 0.1) is 12.3 Å². The summed E-state index contributed by atoms with van der Waals surface area (Å²) >= 11 is 0. The van der Waals surface area contributed by atoms with Gasteiger partial charge >= 0.3 is 6.03 Å². The van der Waals surface area contributed by atoms with Gasteiger partial charge in [-0.1, -0.05) is 20.8 Å². The molecule has 0 aliphatic carbocycles. The second kappa shape index (κ2) is 5.86. The number of amides is 2. The lowest BCUT2D eigenvalue weighted by Gasteiger charge is -2.25. The summed E-state index contributed by atoms with van der Waals surface area (Å²) in [5, 5.41) is 19.1. The molecule has 0 radical (unpaired) electrons. The van der Waals surface area contributed by atoms with Gasteiger partial charge in [-0.3, -0.25) is 4.68 Å². The van der Waals surface area contributed by atoms with Crippen LogP contribution in [0.3, 0.4) is 0 Å². The van der Waals surface area contributed by atoms with Gasteiger partial charge in [0.1, 0.15) is 0 Å².